The molecule has 0 radical (unpaired) electrons. The summed E-state index contributed by atoms with van der Waals surface area (Å²) >= 11 is 0. The molecule has 1 atom stereocenters. The normalized spacial score (nSPS) is 20.0. The Morgan fingerprint density at radius 3 is 2.82 bits per heavy atom. The first-order chi connectivity index (χ1) is 13.2. The summed E-state index contributed by atoms with van der Waals surface area (Å²) in [6.45, 7) is 2.50. The molecule has 1 saturated heterocycles. The molecule has 28 heavy (non-hydrogen) atoms. The minimum Gasteiger partial charge on any atom is -0.492 e. The highest BCUT2D eigenvalue weighted by molar-refractivity contribution is 14.0. The van der Waals surface area contributed by atoms with Crippen molar-refractivity contribution in [3.8, 4) is 5.75 Å². The Morgan fingerprint density at radius 2 is 2.11 bits per heavy atom. The van der Waals surface area contributed by atoms with Crippen LogP contribution < -0.4 is 15.4 Å². The third-order valence-electron chi connectivity index (χ3n) is 5.23. The van der Waals surface area contributed by atoms with Crippen LogP contribution in [0.25, 0.3) is 0 Å². The van der Waals surface area contributed by atoms with Crippen LogP contribution in [0, 0.1) is 11.7 Å². The van der Waals surface area contributed by atoms with Crippen molar-refractivity contribution in [2.75, 3.05) is 33.3 Å². The quantitative estimate of drug-likeness (QED) is 0.271. The number of nitrogens with one attached hydrogen (secondary N) is 2. The third kappa shape index (κ3) is 6.49. The van der Waals surface area contributed by atoms with Crippen molar-refractivity contribution in [2.45, 2.75) is 38.1 Å². The number of carbonyl (C=O) groups excluding carboxylic acids is 1. The summed E-state index contributed by atoms with van der Waals surface area (Å²) < 4.78 is 18.6. The summed E-state index contributed by atoms with van der Waals surface area (Å²) in [5, 5.41) is 6.58. The molecular weight excluding hydrogens is 474 g/mol. The molecule has 1 heterocycles. The Labute approximate surface area is 183 Å². The number of halogens is 2. The highest BCUT2D eigenvalue weighted by atomic mass is 127. The van der Waals surface area contributed by atoms with Crippen molar-refractivity contribution in [1.82, 2.24) is 15.5 Å². The number of nitrogens with zero attached hydrogens (tertiary/aromatic N) is 2. The lowest BCUT2D eigenvalue weighted by atomic mass is 10.1. The van der Waals surface area contributed by atoms with E-state index >= 15 is 0 Å². The third-order valence-corrected chi connectivity index (χ3v) is 5.23. The maximum atomic E-state index is 13.1. The van der Waals surface area contributed by atoms with Gasteiger partial charge in [-0.25, -0.2) is 4.39 Å². The molecule has 0 aromatic heterocycles. The van der Waals surface area contributed by atoms with E-state index in [1.54, 1.807) is 19.2 Å². The number of hydrogen-bond donors (Lipinski definition) is 2. The molecule has 2 aliphatic rings. The van der Waals surface area contributed by atoms with Gasteiger partial charge < -0.3 is 20.3 Å². The number of aliphatic imine (C=N–C) groups is 1. The number of benzene rings is 1. The predicted molar refractivity (Wildman–Crippen MR) is 119 cm³/mol. The lowest BCUT2D eigenvalue weighted by Gasteiger charge is -2.21. The van der Waals surface area contributed by atoms with Crippen molar-refractivity contribution in [3.05, 3.63) is 30.1 Å². The van der Waals surface area contributed by atoms with Crippen molar-refractivity contribution < 1.29 is 13.9 Å². The van der Waals surface area contributed by atoms with Crippen LogP contribution in [0.2, 0.25) is 0 Å². The molecule has 8 heteroatoms. The van der Waals surface area contributed by atoms with Gasteiger partial charge in [-0.15, -0.1) is 24.0 Å². The fraction of sp³-hybridized carbons (Fsp3) is 0.600. The average molecular weight is 504 g/mol. The molecular formula is C20H30FIN4O2. The second-order valence-corrected chi connectivity index (χ2v) is 7.20. The van der Waals surface area contributed by atoms with E-state index in [-0.39, 0.29) is 41.8 Å². The van der Waals surface area contributed by atoms with Crippen molar-refractivity contribution in [1.29, 1.82) is 0 Å². The van der Waals surface area contributed by atoms with E-state index in [0.717, 1.165) is 32.4 Å². The van der Waals surface area contributed by atoms with Gasteiger partial charge in [0.25, 0.3) is 0 Å². The Hall–Kier alpha value is -1.58. The topological polar surface area (TPSA) is 66.0 Å². The number of guanidine groups is 1. The van der Waals surface area contributed by atoms with E-state index < -0.39 is 0 Å². The molecule has 3 rings (SSSR count). The molecule has 0 spiro atoms. The van der Waals surface area contributed by atoms with E-state index in [0.29, 0.717) is 30.8 Å². The van der Waals surface area contributed by atoms with Gasteiger partial charge in [0.2, 0.25) is 5.91 Å². The predicted octanol–water partition coefficient (Wildman–Crippen LogP) is 2.78. The summed E-state index contributed by atoms with van der Waals surface area (Å²) in [6.07, 6.45) is 5.38. The molecule has 6 nitrogen and oxygen atoms in total. The van der Waals surface area contributed by atoms with Gasteiger partial charge in [0, 0.05) is 38.2 Å². The second kappa shape index (κ2) is 11.4. The summed E-state index contributed by atoms with van der Waals surface area (Å²) in [4.78, 5) is 18.8. The Bertz CT molecular complexity index is 667. The van der Waals surface area contributed by atoms with Crippen LogP contribution in [0.15, 0.2) is 29.3 Å². The van der Waals surface area contributed by atoms with Crippen LogP contribution in [0.5, 0.6) is 5.75 Å². The van der Waals surface area contributed by atoms with E-state index in [1.165, 1.54) is 25.0 Å². The average Bonchev–Trinajstić information content (AvgIpc) is 3.36. The van der Waals surface area contributed by atoms with Gasteiger partial charge in [-0.1, -0.05) is 18.9 Å². The SMILES string of the molecule is CN=C(NCCOc1cccc(F)c1)NC1CCN(C(=O)C2CCCC2)C1.I. The highest BCUT2D eigenvalue weighted by Gasteiger charge is 2.32. The van der Waals surface area contributed by atoms with Gasteiger partial charge in [0.15, 0.2) is 5.96 Å². The van der Waals surface area contributed by atoms with Gasteiger partial charge >= 0.3 is 0 Å². The van der Waals surface area contributed by atoms with Gasteiger partial charge in [-0.3, -0.25) is 9.79 Å². The molecule has 2 fully saturated rings. The van der Waals surface area contributed by atoms with Gasteiger partial charge in [-0.2, -0.15) is 0 Å². The summed E-state index contributed by atoms with van der Waals surface area (Å²) in [5.41, 5.74) is 0. The minimum atomic E-state index is -0.309. The Balaban J connectivity index is 0.00000280. The van der Waals surface area contributed by atoms with Crippen LogP contribution in [-0.4, -0.2) is 56.1 Å². The van der Waals surface area contributed by atoms with Gasteiger partial charge in [0.05, 0.1) is 6.54 Å². The molecule has 1 aliphatic carbocycles. The maximum Gasteiger partial charge on any atom is 0.225 e. The summed E-state index contributed by atoms with van der Waals surface area (Å²) in [7, 11) is 1.72. The van der Waals surface area contributed by atoms with Crippen molar-refractivity contribution >= 4 is 35.8 Å². The zero-order chi connectivity index (χ0) is 19.1. The number of amides is 1. The first-order valence-corrected chi connectivity index (χ1v) is 9.80. The lowest BCUT2D eigenvalue weighted by Crippen LogP contribution is -2.46. The lowest BCUT2D eigenvalue weighted by molar-refractivity contribution is -0.134. The van der Waals surface area contributed by atoms with Gasteiger partial charge in [-0.05, 0) is 31.4 Å². The molecule has 1 amide bonds. The number of hydrogen-bond acceptors (Lipinski definition) is 3. The van der Waals surface area contributed by atoms with Crippen molar-refractivity contribution in [2.24, 2.45) is 10.9 Å². The molecule has 1 aliphatic heterocycles. The van der Waals surface area contributed by atoms with E-state index in [2.05, 4.69) is 15.6 Å². The maximum absolute atomic E-state index is 13.1. The zero-order valence-electron chi connectivity index (χ0n) is 16.3. The smallest absolute Gasteiger partial charge is 0.225 e. The van der Waals surface area contributed by atoms with E-state index in [4.69, 9.17) is 4.74 Å². The molecule has 156 valence electrons. The monoisotopic (exact) mass is 504 g/mol. The largest absolute Gasteiger partial charge is 0.492 e. The van der Waals surface area contributed by atoms with E-state index in [1.807, 2.05) is 4.90 Å². The van der Waals surface area contributed by atoms with Crippen molar-refractivity contribution in [3.63, 3.8) is 0 Å². The first kappa shape index (κ1) is 22.7. The molecule has 1 saturated carbocycles. The van der Waals surface area contributed by atoms with Crippen LogP contribution in [0.3, 0.4) is 0 Å². The fourth-order valence-corrected chi connectivity index (χ4v) is 3.79. The Kier molecular flexibility index (Phi) is 9.27. The first-order valence-electron chi connectivity index (χ1n) is 9.80. The molecule has 1 aromatic carbocycles. The highest BCUT2D eigenvalue weighted by Crippen LogP contribution is 2.27. The van der Waals surface area contributed by atoms with Crippen LogP contribution in [-0.2, 0) is 4.79 Å². The molecule has 0 bridgehead atoms. The minimum absolute atomic E-state index is 0. The summed E-state index contributed by atoms with van der Waals surface area (Å²) in [5.74, 6) is 1.45. The number of rotatable bonds is 6. The van der Waals surface area contributed by atoms with Crippen LogP contribution in [0.1, 0.15) is 32.1 Å². The number of likely N-dealkylation sites (tertiary alicyclic amines) is 1. The fourth-order valence-electron chi connectivity index (χ4n) is 3.79. The molecule has 1 aromatic rings. The Morgan fingerprint density at radius 1 is 1.32 bits per heavy atom. The zero-order valence-corrected chi connectivity index (χ0v) is 18.7. The number of ether oxygens (including phenoxy) is 1. The van der Waals surface area contributed by atoms with E-state index in [9.17, 15) is 9.18 Å². The van der Waals surface area contributed by atoms with Gasteiger partial charge in [0.1, 0.15) is 18.2 Å². The standard InChI is InChI=1S/C20H29FN4O2.HI/c1-22-20(23-10-12-27-18-8-4-7-16(21)13-18)24-17-9-11-25(14-17)19(26)15-5-2-3-6-15;/h4,7-8,13,15,17H,2-3,5-6,9-12,14H2,1H3,(H2,22,23,24);1H. The van der Waals surface area contributed by atoms with Crippen LogP contribution >= 0.6 is 24.0 Å². The molecule has 1 unspecified atom stereocenters. The number of carbonyl (C=O) groups is 1. The van der Waals surface area contributed by atoms with Crippen LogP contribution in [0.4, 0.5) is 4.39 Å². The molecule has 2 N–H and O–H groups in total. The second-order valence-electron chi connectivity index (χ2n) is 7.20. The summed E-state index contributed by atoms with van der Waals surface area (Å²) in [6, 6.07) is 6.31.